The Bertz CT molecular complexity index is 540. The van der Waals surface area contributed by atoms with E-state index in [1.165, 1.54) is 6.07 Å². The van der Waals surface area contributed by atoms with Gasteiger partial charge in [-0.05, 0) is 44.9 Å². The molecule has 1 atom stereocenters. The van der Waals surface area contributed by atoms with Crippen LogP contribution in [0.4, 0.5) is 4.79 Å². The number of ether oxygens (including phenoxy) is 1. The summed E-state index contributed by atoms with van der Waals surface area (Å²) in [5.41, 5.74) is -0.190. The highest BCUT2D eigenvalue weighted by molar-refractivity contribution is 6.35. The lowest BCUT2D eigenvalue weighted by Gasteiger charge is -2.24. The van der Waals surface area contributed by atoms with Gasteiger partial charge in [-0.3, -0.25) is 0 Å². The smallest absolute Gasteiger partial charge is 0.408 e. The molecule has 1 amide bonds. The SMILES string of the molecule is CC(C)(C)OC(=O)N[C@H](Cc1ccc(Cl)cc1Cl)C(=O)[O-]. The monoisotopic (exact) mass is 332 g/mol. The minimum Gasteiger partial charge on any atom is -0.548 e. The molecule has 0 aliphatic rings. The van der Waals surface area contributed by atoms with E-state index in [1.807, 2.05) is 0 Å². The number of carboxylic acid groups (broad SMARTS) is 1. The van der Waals surface area contributed by atoms with Gasteiger partial charge in [0.05, 0.1) is 12.0 Å². The molecule has 0 heterocycles. The quantitative estimate of drug-likeness (QED) is 0.916. The highest BCUT2D eigenvalue weighted by atomic mass is 35.5. The Morgan fingerprint density at radius 3 is 2.43 bits per heavy atom. The number of carbonyl (C=O) groups excluding carboxylic acids is 2. The van der Waals surface area contributed by atoms with Crippen molar-refractivity contribution in [2.75, 3.05) is 0 Å². The second-order valence-electron chi connectivity index (χ2n) is 5.46. The van der Waals surface area contributed by atoms with Crippen LogP contribution in [-0.4, -0.2) is 23.7 Å². The first kappa shape index (κ1) is 17.6. The van der Waals surface area contributed by atoms with E-state index in [0.717, 1.165) is 0 Å². The molecule has 0 aliphatic carbocycles. The van der Waals surface area contributed by atoms with Gasteiger partial charge in [0.15, 0.2) is 0 Å². The fraction of sp³-hybridized carbons (Fsp3) is 0.429. The zero-order chi connectivity index (χ0) is 16.2. The average molecular weight is 333 g/mol. The van der Waals surface area contributed by atoms with Crippen LogP contribution >= 0.6 is 23.2 Å². The van der Waals surface area contributed by atoms with Crippen molar-refractivity contribution in [2.24, 2.45) is 0 Å². The molecule has 21 heavy (non-hydrogen) atoms. The van der Waals surface area contributed by atoms with E-state index in [9.17, 15) is 14.7 Å². The van der Waals surface area contributed by atoms with Gasteiger partial charge in [-0.25, -0.2) is 4.79 Å². The molecule has 0 bridgehead atoms. The van der Waals surface area contributed by atoms with E-state index in [1.54, 1.807) is 32.9 Å². The lowest BCUT2D eigenvalue weighted by atomic mass is 10.1. The summed E-state index contributed by atoms with van der Waals surface area (Å²) < 4.78 is 5.01. The van der Waals surface area contributed by atoms with Crippen LogP contribution in [0, 0.1) is 0 Å². The predicted molar refractivity (Wildman–Crippen MR) is 78.3 cm³/mol. The van der Waals surface area contributed by atoms with Crippen molar-refractivity contribution in [2.45, 2.75) is 38.8 Å². The summed E-state index contributed by atoms with van der Waals surface area (Å²) in [6.07, 6.45) is -0.862. The van der Waals surface area contributed by atoms with Gasteiger partial charge in [0, 0.05) is 10.0 Å². The molecule has 0 unspecified atom stereocenters. The third kappa shape index (κ3) is 6.23. The topological polar surface area (TPSA) is 78.5 Å². The fourth-order valence-electron chi connectivity index (χ4n) is 1.55. The van der Waals surface area contributed by atoms with Gasteiger partial charge in [-0.2, -0.15) is 0 Å². The second-order valence-corrected chi connectivity index (χ2v) is 6.30. The van der Waals surface area contributed by atoms with Crippen LogP contribution in [-0.2, 0) is 16.0 Å². The number of carboxylic acids is 1. The van der Waals surface area contributed by atoms with E-state index >= 15 is 0 Å². The molecule has 0 spiro atoms. The number of nitrogens with one attached hydrogen (secondary N) is 1. The molecular weight excluding hydrogens is 317 g/mol. The van der Waals surface area contributed by atoms with Gasteiger partial charge < -0.3 is 20.0 Å². The number of benzene rings is 1. The minimum atomic E-state index is -1.42. The molecule has 1 rings (SSSR count). The largest absolute Gasteiger partial charge is 0.548 e. The fourth-order valence-corrected chi connectivity index (χ4v) is 2.04. The van der Waals surface area contributed by atoms with Crippen molar-refractivity contribution in [1.29, 1.82) is 0 Å². The number of halogens is 2. The zero-order valence-corrected chi connectivity index (χ0v) is 13.4. The van der Waals surface area contributed by atoms with Crippen molar-refractivity contribution in [3.8, 4) is 0 Å². The van der Waals surface area contributed by atoms with Crippen LogP contribution in [0.25, 0.3) is 0 Å². The maximum Gasteiger partial charge on any atom is 0.408 e. The molecule has 1 aromatic carbocycles. The number of aliphatic carboxylic acids is 1. The summed E-state index contributed by atoms with van der Waals surface area (Å²) in [7, 11) is 0. The molecule has 0 radical (unpaired) electrons. The number of amides is 1. The standard InChI is InChI=1S/C14H17Cl2NO4/c1-14(2,3)21-13(20)17-11(12(18)19)6-8-4-5-9(15)7-10(8)16/h4-5,7,11H,6H2,1-3H3,(H,17,20)(H,18,19)/p-1/t11-/m1/s1. The number of carbonyl (C=O) groups is 2. The maximum absolute atomic E-state index is 11.6. The van der Waals surface area contributed by atoms with Gasteiger partial charge in [0.1, 0.15) is 5.60 Å². The van der Waals surface area contributed by atoms with E-state index in [2.05, 4.69) is 5.32 Å². The van der Waals surface area contributed by atoms with Gasteiger partial charge in [0.2, 0.25) is 0 Å². The first-order valence-corrected chi connectivity index (χ1v) is 6.98. The van der Waals surface area contributed by atoms with E-state index in [0.29, 0.717) is 15.6 Å². The van der Waals surface area contributed by atoms with Crippen LogP contribution in [0.5, 0.6) is 0 Å². The van der Waals surface area contributed by atoms with Crippen molar-refractivity contribution < 1.29 is 19.4 Å². The lowest BCUT2D eigenvalue weighted by molar-refractivity contribution is -0.308. The summed E-state index contributed by atoms with van der Waals surface area (Å²) >= 11 is 11.7. The Labute approximate surface area is 133 Å². The summed E-state index contributed by atoms with van der Waals surface area (Å²) in [5.74, 6) is -1.42. The molecule has 116 valence electrons. The van der Waals surface area contributed by atoms with E-state index in [4.69, 9.17) is 27.9 Å². The Kier molecular flexibility index (Phi) is 5.87. The molecule has 1 N–H and O–H groups in total. The second kappa shape index (κ2) is 7.00. The first-order valence-electron chi connectivity index (χ1n) is 6.23. The van der Waals surface area contributed by atoms with Crippen molar-refractivity contribution in [3.05, 3.63) is 33.8 Å². The summed E-state index contributed by atoms with van der Waals surface area (Å²) in [6, 6.07) is 3.43. The number of rotatable bonds is 4. The Morgan fingerprint density at radius 1 is 1.33 bits per heavy atom. The van der Waals surface area contributed by atoms with Crippen LogP contribution in [0.1, 0.15) is 26.3 Å². The summed E-state index contributed by atoms with van der Waals surface area (Å²) in [4.78, 5) is 22.8. The van der Waals surface area contributed by atoms with E-state index in [-0.39, 0.29) is 6.42 Å². The minimum absolute atomic E-state index is 0.0302. The normalized spacial score (nSPS) is 12.6. The van der Waals surface area contributed by atoms with Crippen LogP contribution < -0.4 is 10.4 Å². The van der Waals surface area contributed by atoms with Crippen molar-refractivity contribution in [1.82, 2.24) is 5.32 Å². The number of hydrogen-bond donors (Lipinski definition) is 1. The molecule has 0 saturated carbocycles. The van der Waals surface area contributed by atoms with Gasteiger partial charge in [-0.15, -0.1) is 0 Å². The lowest BCUT2D eigenvalue weighted by Crippen LogP contribution is -2.50. The Morgan fingerprint density at radius 2 is 1.95 bits per heavy atom. The van der Waals surface area contributed by atoms with Gasteiger partial charge in [-0.1, -0.05) is 29.3 Å². The maximum atomic E-state index is 11.6. The number of alkyl carbamates (subject to hydrolysis) is 1. The van der Waals surface area contributed by atoms with E-state index < -0.39 is 23.7 Å². The Balaban J connectivity index is 2.79. The molecule has 0 saturated heterocycles. The molecule has 5 nitrogen and oxygen atoms in total. The molecule has 0 aromatic heterocycles. The molecular formula is C14H16Cl2NO4-. The predicted octanol–water partition coefficient (Wildman–Crippen LogP) is 2.18. The highest BCUT2D eigenvalue weighted by Crippen LogP contribution is 2.22. The molecule has 1 aromatic rings. The van der Waals surface area contributed by atoms with Crippen LogP contribution in [0.2, 0.25) is 10.0 Å². The summed E-state index contributed by atoms with van der Waals surface area (Å²) in [6.45, 7) is 5.03. The Hall–Kier alpha value is -1.46. The van der Waals surface area contributed by atoms with Crippen LogP contribution in [0.3, 0.4) is 0 Å². The van der Waals surface area contributed by atoms with Crippen LogP contribution in [0.15, 0.2) is 18.2 Å². The van der Waals surface area contributed by atoms with Gasteiger partial charge >= 0.3 is 6.09 Å². The van der Waals surface area contributed by atoms with Crippen molar-refractivity contribution >= 4 is 35.3 Å². The number of hydrogen-bond acceptors (Lipinski definition) is 4. The highest BCUT2D eigenvalue weighted by Gasteiger charge is 2.21. The third-order valence-corrected chi connectivity index (χ3v) is 3.00. The first-order chi connectivity index (χ1) is 9.58. The van der Waals surface area contributed by atoms with Gasteiger partial charge in [0.25, 0.3) is 0 Å². The zero-order valence-electron chi connectivity index (χ0n) is 11.9. The third-order valence-electron chi connectivity index (χ3n) is 2.41. The molecule has 0 fully saturated rings. The average Bonchev–Trinajstić information content (AvgIpc) is 2.28. The molecule has 7 heteroatoms. The summed E-state index contributed by atoms with van der Waals surface area (Å²) in [5, 5.41) is 14.1. The molecule has 0 aliphatic heterocycles. The van der Waals surface area contributed by atoms with Crippen molar-refractivity contribution in [3.63, 3.8) is 0 Å².